The number of halogens is 1. The van der Waals surface area contributed by atoms with Gasteiger partial charge in [0, 0.05) is 56.6 Å². The lowest BCUT2D eigenvalue weighted by molar-refractivity contribution is 0.195. The molecule has 3 rings (SSSR count). The van der Waals surface area contributed by atoms with E-state index in [4.69, 9.17) is 0 Å². The molecule has 0 aliphatic carbocycles. The number of anilines is 1. The Kier molecular flexibility index (Phi) is 6.65. The van der Waals surface area contributed by atoms with E-state index in [-0.39, 0.29) is 11.8 Å². The largest absolute Gasteiger partial charge is 0.337 e. The van der Waals surface area contributed by atoms with Crippen LogP contribution in [0, 0.1) is 5.82 Å². The molecule has 2 amide bonds. The first kappa shape index (κ1) is 18.4. The number of nitrogens with zero attached hydrogens (tertiary/aromatic N) is 4. The molecule has 1 fully saturated rings. The summed E-state index contributed by atoms with van der Waals surface area (Å²) in [5.74, 6) is 1.89. The molecule has 1 aliphatic rings. The second-order valence-electron chi connectivity index (χ2n) is 5.90. The molecule has 26 heavy (non-hydrogen) atoms. The van der Waals surface area contributed by atoms with Crippen LogP contribution in [0.5, 0.6) is 0 Å². The number of hydrogen-bond acceptors (Lipinski definition) is 5. The van der Waals surface area contributed by atoms with Crippen molar-refractivity contribution in [1.82, 2.24) is 20.2 Å². The van der Waals surface area contributed by atoms with Crippen molar-refractivity contribution in [3.63, 3.8) is 0 Å². The summed E-state index contributed by atoms with van der Waals surface area (Å²) in [5, 5.41) is 2.93. The van der Waals surface area contributed by atoms with Gasteiger partial charge in [0.1, 0.15) is 5.82 Å². The lowest BCUT2D eigenvalue weighted by atomic mass is 10.2. The molecule has 1 saturated heterocycles. The van der Waals surface area contributed by atoms with Gasteiger partial charge in [0.05, 0.1) is 0 Å². The third-order valence-corrected chi connectivity index (χ3v) is 5.15. The number of carbonyl (C=O) groups excluding carboxylic acids is 1. The first-order valence-corrected chi connectivity index (χ1v) is 9.75. The number of piperazine rings is 1. The highest BCUT2D eigenvalue weighted by Crippen LogP contribution is 2.15. The van der Waals surface area contributed by atoms with Crippen LogP contribution in [0.15, 0.2) is 42.7 Å². The number of hydrogen-bond donors (Lipinski definition) is 1. The summed E-state index contributed by atoms with van der Waals surface area (Å²) in [6.45, 7) is 3.30. The smallest absolute Gasteiger partial charge is 0.317 e. The fourth-order valence-corrected chi connectivity index (χ4v) is 3.55. The number of benzene rings is 1. The Morgan fingerprint density at radius 3 is 2.58 bits per heavy atom. The second kappa shape index (κ2) is 9.38. The predicted octanol–water partition coefficient (Wildman–Crippen LogP) is 2.38. The summed E-state index contributed by atoms with van der Waals surface area (Å²) in [6.07, 6.45) is 3.45. The molecule has 1 aromatic carbocycles. The maximum absolute atomic E-state index is 13.5. The zero-order valence-corrected chi connectivity index (χ0v) is 15.3. The van der Waals surface area contributed by atoms with Gasteiger partial charge in [-0.15, -0.1) is 0 Å². The zero-order valence-electron chi connectivity index (χ0n) is 14.5. The normalized spacial score (nSPS) is 14.3. The maximum atomic E-state index is 13.5. The van der Waals surface area contributed by atoms with Crippen LogP contribution in [0.1, 0.15) is 5.56 Å². The van der Waals surface area contributed by atoms with Gasteiger partial charge in [-0.3, -0.25) is 0 Å². The molecule has 0 unspecified atom stereocenters. The third-order valence-electron chi connectivity index (χ3n) is 4.14. The van der Waals surface area contributed by atoms with Gasteiger partial charge in [0.15, 0.2) is 0 Å². The van der Waals surface area contributed by atoms with E-state index in [1.54, 1.807) is 47.3 Å². The predicted molar refractivity (Wildman–Crippen MR) is 102 cm³/mol. The molecule has 0 spiro atoms. The first-order valence-electron chi connectivity index (χ1n) is 8.60. The summed E-state index contributed by atoms with van der Waals surface area (Å²) < 4.78 is 13.5. The van der Waals surface area contributed by atoms with Gasteiger partial charge >= 0.3 is 6.03 Å². The highest BCUT2D eigenvalue weighted by Gasteiger charge is 2.21. The van der Waals surface area contributed by atoms with Crippen LogP contribution in [-0.2, 0) is 5.75 Å². The molecule has 6 nitrogen and oxygen atoms in total. The summed E-state index contributed by atoms with van der Waals surface area (Å²) in [7, 11) is 0. The number of amides is 2. The van der Waals surface area contributed by atoms with E-state index in [2.05, 4.69) is 20.2 Å². The highest BCUT2D eigenvalue weighted by molar-refractivity contribution is 7.98. The minimum absolute atomic E-state index is 0.0508. The van der Waals surface area contributed by atoms with Crippen molar-refractivity contribution in [2.45, 2.75) is 5.75 Å². The van der Waals surface area contributed by atoms with Gasteiger partial charge in [-0.25, -0.2) is 19.2 Å². The lowest BCUT2D eigenvalue weighted by Crippen LogP contribution is -2.52. The Balaban J connectivity index is 1.33. The van der Waals surface area contributed by atoms with Crippen LogP contribution in [0.2, 0.25) is 0 Å². The first-order chi connectivity index (χ1) is 12.7. The number of thioether (sulfide) groups is 1. The Labute approximate surface area is 156 Å². The van der Waals surface area contributed by atoms with Gasteiger partial charge in [-0.2, -0.15) is 11.8 Å². The quantitative estimate of drug-likeness (QED) is 0.786. The van der Waals surface area contributed by atoms with Crippen molar-refractivity contribution < 1.29 is 9.18 Å². The average molecular weight is 375 g/mol. The summed E-state index contributed by atoms with van der Waals surface area (Å²) >= 11 is 1.61. The minimum atomic E-state index is -0.177. The van der Waals surface area contributed by atoms with Crippen LogP contribution < -0.4 is 10.2 Å². The van der Waals surface area contributed by atoms with Gasteiger partial charge < -0.3 is 15.1 Å². The topological polar surface area (TPSA) is 61.4 Å². The van der Waals surface area contributed by atoms with Crippen molar-refractivity contribution in [2.75, 3.05) is 43.4 Å². The number of aromatic nitrogens is 2. The van der Waals surface area contributed by atoms with Crippen molar-refractivity contribution in [3.05, 3.63) is 54.1 Å². The van der Waals surface area contributed by atoms with Crippen molar-refractivity contribution in [3.8, 4) is 0 Å². The number of nitrogens with one attached hydrogen (secondary N) is 1. The number of urea groups is 1. The molecule has 0 atom stereocenters. The molecular formula is C18H22FN5OS. The van der Waals surface area contributed by atoms with Gasteiger partial charge in [-0.1, -0.05) is 18.2 Å². The molecule has 2 aromatic rings. The van der Waals surface area contributed by atoms with E-state index in [0.717, 1.165) is 18.8 Å². The Morgan fingerprint density at radius 1 is 1.12 bits per heavy atom. The van der Waals surface area contributed by atoms with E-state index in [0.29, 0.717) is 36.9 Å². The number of rotatable bonds is 6. The van der Waals surface area contributed by atoms with E-state index in [9.17, 15) is 9.18 Å². The van der Waals surface area contributed by atoms with Crippen molar-refractivity contribution >= 4 is 23.7 Å². The van der Waals surface area contributed by atoms with E-state index in [1.165, 1.54) is 6.07 Å². The Morgan fingerprint density at radius 2 is 1.85 bits per heavy atom. The molecule has 0 saturated carbocycles. The zero-order chi connectivity index (χ0) is 18.2. The van der Waals surface area contributed by atoms with Crippen LogP contribution >= 0.6 is 11.8 Å². The molecule has 8 heteroatoms. The summed E-state index contributed by atoms with van der Waals surface area (Å²) in [6, 6.07) is 8.52. The maximum Gasteiger partial charge on any atom is 0.317 e. The molecule has 0 radical (unpaired) electrons. The van der Waals surface area contributed by atoms with Gasteiger partial charge in [0.25, 0.3) is 0 Å². The van der Waals surface area contributed by atoms with E-state index < -0.39 is 0 Å². The lowest BCUT2D eigenvalue weighted by Gasteiger charge is -2.34. The van der Waals surface area contributed by atoms with Crippen LogP contribution in [0.3, 0.4) is 0 Å². The van der Waals surface area contributed by atoms with Gasteiger partial charge in [-0.05, 0) is 17.7 Å². The average Bonchev–Trinajstić information content (AvgIpc) is 2.70. The summed E-state index contributed by atoms with van der Waals surface area (Å²) in [4.78, 5) is 24.6. The number of carbonyl (C=O) groups is 1. The molecule has 1 N–H and O–H groups in total. The molecule has 0 bridgehead atoms. The monoisotopic (exact) mass is 375 g/mol. The van der Waals surface area contributed by atoms with E-state index in [1.807, 2.05) is 6.07 Å². The van der Waals surface area contributed by atoms with Crippen LogP contribution in [-0.4, -0.2) is 59.4 Å². The SMILES string of the molecule is O=C(NCCSCc1ccccc1F)N1CCN(c2ncccn2)CC1. The standard InChI is InChI=1S/C18H22FN5OS/c19-16-5-2-1-4-15(16)14-26-13-8-22-18(25)24-11-9-23(10-12-24)17-20-6-3-7-21-17/h1-7H,8-14H2,(H,22,25). The summed E-state index contributed by atoms with van der Waals surface area (Å²) in [5.41, 5.74) is 0.697. The molecular weight excluding hydrogens is 353 g/mol. The second-order valence-corrected chi connectivity index (χ2v) is 7.00. The van der Waals surface area contributed by atoms with E-state index >= 15 is 0 Å². The molecule has 1 aromatic heterocycles. The minimum Gasteiger partial charge on any atom is -0.337 e. The molecule has 2 heterocycles. The van der Waals surface area contributed by atoms with Crippen molar-refractivity contribution in [2.24, 2.45) is 0 Å². The highest BCUT2D eigenvalue weighted by atomic mass is 32.2. The molecule has 1 aliphatic heterocycles. The van der Waals surface area contributed by atoms with Gasteiger partial charge in [0.2, 0.25) is 5.95 Å². The van der Waals surface area contributed by atoms with Crippen LogP contribution in [0.25, 0.3) is 0 Å². The fourth-order valence-electron chi connectivity index (χ4n) is 2.70. The van der Waals surface area contributed by atoms with Crippen LogP contribution in [0.4, 0.5) is 15.1 Å². The Hall–Kier alpha value is -2.35. The third kappa shape index (κ3) is 5.08. The molecule has 138 valence electrons. The Bertz CT molecular complexity index is 710. The fraction of sp³-hybridized carbons (Fsp3) is 0.389. The van der Waals surface area contributed by atoms with Crippen molar-refractivity contribution in [1.29, 1.82) is 0 Å².